The summed E-state index contributed by atoms with van der Waals surface area (Å²) in [4.78, 5) is 9.94. The largest absolute Gasteiger partial charge is 0.388 e. The average molecular weight is 314 g/mol. The molecule has 0 saturated heterocycles. The van der Waals surface area contributed by atoms with Gasteiger partial charge in [-0.25, -0.2) is 0 Å². The topological polar surface area (TPSA) is 89.4 Å². The van der Waals surface area contributed by atoms with Crippen molar-refractivity contribution in [3.05, 3.63) is 39.9 Å². The molecule has 3 N–H and O–H groups in total. The van der Waals surface area contributed by atoms with Crippen LogP contribution >= 0.6 is 34.8 Å². The fourth-order valence-electron chi connectivity index (χ4n) is 1.33. The quantitative estimate of drug-likeness (QED) is 0.508. The molecule has 100 valence electrons. The van der Waals surface area contributed by atoms with Crippen molar-refractivity contribution in [3.63, 3.8) is 0 Å². The Hall–Kier alpha value is -0.590. The lowest BCUT2D eigenvalue weighted by Gasteiger charge is -2.22. The number of non-ortho nitro benzene ring substituents is 1. The SMILES string of the molecule is N[C@@H](C[C@H](O)c1ccc([N+](=O)[O-])cc1)C(Cl)(Cl)Cl. The van der Waals surface area contributed by atoms with E-state index in [-0.39, 0.29) is 12.1 Å². The Kier molecular flexibility index (Phi) is 5.19. The zero-order valence-electron chi connectivity index (χ0n) is 9.09. The van der Waals surface area contributed by atoms with Gasteiger partial charge in [-0.1, -0.05) is 34.8 Å². The summed E-state index contributed by atoms with van der Waals surface area (Å²) in [5.74, 6) is 0. The number of nitrogens with two attached hydrogens (primary N) is 1. The molecule has 1 rings (SSSR count). The van der Waals surface area contributed by atoms with Crippen LogP contribution in [0.5, 0.6) is 0 Å². The third-order valence-electron chi connectivity index (χ3n) is 2.39. The van der Waals surface area contributed by atoms with E-state index in [1.807, 2.05) is 0 Å². The Labute approximate surface area is 119 Å². The molecular weight excluding hydrogens is 302 g/mol. The summed E-state index contributed by atoms with van der Waals surface area (Å²) in [6.07, 6.45) is -0.912. The molecule has 0 aromatic heterocycles. The van der Waals surface area contributed by atoms with Crippen molar-refractivity contribution < 1.29 is 10.0 Å². The summed E-state index contributed by atoms with van der Waals surface area (Å²) in [6, 6.07) is 4.62. The minimum atomic E-state index is -1.66. The molecule has 0 fully saturated rings. The number of nitro benzene ring substituents is 1. The van der Waals surface area contributed by atoms with Crippen LogP contribution in [0.4, 0.5) is 5.69 Å². The predicted molar refractivity (Wildman–Crippen MR) is 70.9 cm³/mol. The smallest absolute Gasteiger partial charge is 0.269 e. The minimum Gasteiger partial charge on any atom is -0.388 e. The molecule has 2 atom stereocenters. The van der Waals surface area contributed by atoms with Crippen LogP contribution in [0.25, 0.3) is 0 Å². The Bertz CT molecular complexity index is 419. The number of aliphatic hydroxyl groups is 1. The molecular formula is C10H11Cl3N2O3. The van der Waals surface area contributed by atoms with Gasteiger partial charge in [-0.05, 0) is 24.1 Å². The number of hydrogen-bond donors (Lipinski definition) is 2. The molecule has 0 heterocycles. The molecule has 0 bridgehead atoms. The molecule has 1 aromatic carbocycles. The molecule has 5 nitrogen and oxygen atoms in total. The summed E-state index contributed by atoms with van der Waals surface area (Å²) in [6.45, 7) is 0. The summed E-state index contributed by atoms with van der Waals surface area (Å²) < 4.78 is -1.66. The first-order valence-corrected chi connectivity index (χ1v) is 6.10. The number of hydrogen-bond acceptors (Lipinski definition) is 4. The van der Waals surface area contributed by atoms with Crippen molar-refractivity contribution in [2.24, 2.45) is 5.73 Å². The molecule has 0 unspecified atom stereocenters. The van der Waals surface area contributed by atoms with Gasteiger partial charge in [0.15, 0.2) is 0 Å². The lowest BCUT2D eigenvalue weighted by molar-refractivity contribution is -0.384. The number of benzene rings is 1. The molecule has 18 heavy (non-hydrogen) atoms. The van der Waals surface area contributed by atoms with Crippen LogP contribution in [0.3, 0.4) is 0 Å². The average Bonchev–Trinajstić information content (AvgIpc) is 2.27. The standard InChI is InChI=1S/C10H11Cl3N2O3/c11-10(12,13)9(14)5-8(16)6-1-3-7(4-2-6)15(17)18/h1-4,8-9,16H,5,14H2/t8-,9-/m0/s1. The van der Waals surface area contributed by atoms with Gasteiger partial charge in [0.1, 0.15) is 0 Å². The highest BCUT2D eigenvalue weighted by molar-refractivity contribution is 6.68. The lowest BCUT2D eigenvalue weighted by Crippen LogP contribution is -2.36. The maximum Gasteiger partial charge on any atom is 0.269 e. The summed E-state index contributed by atoms with van der Waals surface area (Å²) in [5, 5.41) is 20.3. The highest BCUT2D eigenvalue weighted by atomic mass is 35.6. The van der Waals surface area contributed by atoms with Crippen LogP contribution in [0.1, 0.15) is 18.1 Å². The van der Waals surface area contributed by atoms with Gasteiger partial charge in [0.25, 0.3) is 5.69 Å². The second-order valence-electron chi connectivity index (χ2n) is 3.75. The van der Waals surface area contributed by atoms with Crippen molar-refractivity contribution in [1.82, 2.24) is 0 Å². The van der Waals surface area contributed by atoms with Gasteiger partial charge in [-0.3, -0.25) is 10.1 Å². The molecule has 0 aliphatic rings. The second-order valence-corrected chi connectivity index (χ2v) is 6.12. The predicted octanol–water partition coefficient (Wildman–Crippen LogP) is 2.72. The third kappa shape index (κ3) is 4.26. The van der Waals surface area contributed by atoms with Crippen LogP contribution in [0.2, 0.25) is 0 Å². The molecule has 8 heteroatoms. The van der Waals surface area contributed by atoms with E-state index < -0.39 is 20.9 Å². The van der Waals surface area contributed by atoms with Gasteiger partial charge in [0.2, 0.25) is 3.79 Å². The van der Waals surface area contributed by atoms with Crippen LogP contribution in [0.15, 0.2) is 24.3 Å². The highest BCUT2D eigenvalue weighted by Crippen LogP contribution is 2.33. The Morgan fingerprint density at radius 3 is 2.22 bits per heavy atom. The Balaban J connectivity index is 2.73. The normalized spacial score (nSPS) is 15.2. The summed E-state index contributed by atoms with van der Waals surface area (Å²) in [7, 11) is 0. The van der Waals surface area contributed by atoms with Crippen molar-refractivity contribution in [1.29, 1.82) is 0 Å². The molecule has 0 aliphatic heterocycles. The van der Waals surface area contributed by atoms with E-state index in [4.69, 9.17) is 40.5 Å². The molecule has 0 radical (unpaired) electrons. The van der Waals surface area contributed by atoms with Crippen molar-refractivity contribution in [2.45, 2.75) is 22.4 Å². The van der Waals surface area contributed by atoms with E-state index in [9.17, 15) is 15.2 Å². The van der Waals surface area contributed by atoms with Crippen molar-refractivity contribution in [3.8, 4) is 0 Å². The summed E-state index contributed by atoms with van der Waals surface area (Å²) >= 11 is 16.8. The number of alkyl halides is 3. The van der Waals surface area contributed by atoms with Gasteiger partial charge in [0, 0.05) is 12.1 Å². The van der Waals surface area contributed by atoms with Crippen LogP contribution in [0, 0.1) is 10.1 Å². The number of nitrogens with zero attached hydrogens (tertiary/aromatic N) is 1. The first-order chi connectivity index (χ1) is 8.21. The number of halogens is 3. The van der Waals surface area contributed by atoms with Gasteiger partial charge < -0.3 is 10.8 Å². The minimum absolute atomic E-state index is 0.0360. The Morgan fingerprint density at radius 1 is 1.33 bits per heavy atom. The fourth-order valence-corrected chi connectivity index (χ4v) is 1.60. The molecule has 0 aliphatic carbocycles. The first kappa shape index (κ1) is 15.5. The van der Waals surface area contributed by atoms with E-state index in [1.54, 1.807) is 0 Å². The third-order valence-corrected chi connectivity index (χ3v) is 3.23. The van der Waals surface area contributed by atoms with E-state index in [1.165, 1.54) is 24.3 Å². The van der Waals surface area contributed by atoms with E-state index >= 15 is 0 Å². The molecule has 0 spiro atoms. The molecule has 0 saturated carbocycles. The van der Waals surface area contributed by atoms with Crippen LogP contribution in [-0.4, -0.2) is 19.9 Å². The fraction of sp³-hybridized carbons (Fsp3) is 0.400. The van der Waals surface area contributed by atoms with Crippen molar-refractivity contribution in [2.75, 3.05) is 0 Å². The number of rotatable bonds is 4. The van der Waals surface area contributed by atoms with Gasteiger partial charge in [0.05, 0.1) is 17.1 Å². The first-order valence-electron chi connectivity index (χ1n) is 4.96. The second kappa shape index (κ2) is 6.04. The van der Waals surface area contributed by atoms with E-state index in [2.05, 4.69) is 0 Å². The maximum absolute atomic E-state index is 10.5. The van der Waals surface area contributed by atoms with Crippen LogP contribution in [-0.2, 0) is 0 Å². The monoisotopic (exact) mass is 312 g/mol. The van der Waals surface area contributed by atoms with Crippen molar-refractivity contribution >= 4 is 40.5 Å². The zero-order valence-corrected chi connectivity index (χ0v) is 11.4. The van der Waals surface area contributed by atoms with Gasteiger partial charge in [-0.2, -0.15) is 0 Å². The molecule has 1 aromatic rings. The number of nitro groups is 1. The molecule has 0 amide bonds. The Morgan fingerprint density at radius 2 is 1.83 bits per heavy atom. The van der Waals surface area contributed by atoms with Gasteiger partial charge in [-0.15, -0.1) is 0 Å². The maximum atomic E-state index is 10.5. The van der Waals surface area contributed by atoms with Crippen LogP contribution < -0.4 is 5.73 Å². The zero-order chi connectivity index (χ0) is 13.9. The van der Waals surface area contributed by atoms with E-state index in [0.717, 1.165) is 0 Å². The lowest BCUT2D eigenvalue weighted by atomic mass is 10.0. The van der Waals surface area contributed by atoms with Gasteiger partial charge >= 0.3 is 0 Å². The number of aliphatic hydroxyl groups excluding tert-OH is 1. The summed E-state index contributed by atoms with van der Waals surface area (Å²) in [5.41, 5.74) is 6.02. The highest BCUT2D eigenvalue weighted by Gasteiger charge is 2.31. The van der Waals surface area contributed by atoms with E-state index in [0.29, 0.717) is 5.56 Å².